The molecule has 3 aliphatic carbocycles. The molecule has 3 N–H and O–H groups in total. The van der Waals surface area contributed by atoms with Crippen molar-refractivity contribution < 1.29 is 18.7 Å². The third-order valence-electron chi connectivity index (χ3n) is 7.35. The molecule has 2 bridgehead atoms. The largest absolute Gasteiger partial charge is 0.481 e. The molecule has 2 atom stereocenters. The van der Waals surface area contributed by atoms with Gasteiger partial charge in [-0.25, -0.2) is 18.7 Å². The second kappa shape index (κ2) is 7.23. The van der Waals surface area contributed by atoms with Crippen molar-refractivity contribution in [2.24, 2.45) is 24.8 Å². The van der Waals surface area contributed by atoms with Gasteiger partial charge in [0.2, 0.25) is 0 Å². The monoisotopic (exact) mass is 452 g/mol. The number of hydrogen-bond acceptors (Lipinski definition) is 5. The molecule has 33 heavy (non-hydrogen) atoms. The molecule has 0 saturated heterocycles. The molecule has 7 rings (SSSR count). The number of nitrogens with one attached hydrogen (secondary N) is 2. The Kier molecular flexibility index (Phi) is 4.40. The van der Waals surface area contributed by atoms with Gasteiger partial charge in [0.1, 0.15) is 17.5 Å². The Labute approximate surface area is 187 Å². The molecule has 0 spiro atoms. The lowest BCUT2D eigenvalue weighted by atomic mass is 9.61. The molecule has 3 aliphatic rings. The molecular weight excluding hydrogens is 430 g/mol. The number of aromatic amines is 1. The van der Waals surface area contributed by atoms with E-state index in [4.69, 9.17) is 4.98 Å². The first-order valence-corrected chi connectivity index (χ1v) is 11.1. The van der Waals surface area contributed by atoms with Crippen LogP contribution in [0.15, 0.2) is 24.5 Å². The fourth-order valence-corrected chi connectivity index (χ4v) is 5.76. The van der Waals surface area contributed by atoms with E-state index in [1.165, 1.54) is 6.07 Å². The average molecular weight is 452 g/mol. The fraction of sp³-hybridized carbons (Fsp3) is 0.391. The molecule has 3 fully saturated rings. The molecule has 3 aromatic heterocycles. The van der Waals surface area contributed by atoms with Crippen LogP contribution in [0.4, 0.5) is 14.6 Å². The van der Waals surface area contributed by atoms with Crippen LogP contribution in [0.5, 0.6) is 0 Å². The minimum Gasteiger partial charge on any atom is -0.481 e. The van der Waals surface area contributed by atoms with Crippen molar-refractivity contribution in [3.63, 3.8) is 0 Å². The first-order chi connectivity index (χ1) is 15.9. The van der Waals surface area contributed by atoms with Gasteiger partial charge in [-0.3, -0.25) is 9.48 Å². The number of rotatable bonds is 4. The minimum atomic E-state index is -0.791. The number of nitrogens with zero attached hydrogens (tertiary/aromatic N) is 4. The molecule has 1 aromatic carbocycles. The van der Waals surface area contributed by atoms with Gasteiger partial charge >= 0.3 is 5.97 Å². The molecule has 4 aromatic rings. The Morgan fingerprint density at radius 2 is 1.91 bits per heavy atom. The van der Waals surface area contributed by atoms with Crippen molar-refractivity contribution in [3.05, 3.63) is 36.2 Å². The maximum absolute atomic E-state index is 14.2. The van der Waals surface area contributed by atoms with Gasteiger partial charge in [0, 0.05) is 36.3 Å². The highest BCUT2D eigenvalue weighted by Gasteiger charge is 2.47. The third-order valence-corrected chi connectivity index (χ3v) is 7.35. The second-order valence-electron chi connectivity index (χ2n) is 9.12. The van der Waals surface area contributed by atoms with E-state index in [0.717, 1.165) is 31.7 Å². The van der Waals surface area contributed by atoms with E-state index in [0.29, 0.717) is 27.8 Å². The van der Waals surface area contributed by atoms with E-state index in [1.54, 1.807) is 24.1 Å². The number of anilines is 1. The summed E-state index contributed by atoms with van der Waals surface area (Å²) in [5.74, 6) is -1.51. The second-order valence-corrected chi connectivity index (χ2v) is 9.12. The molecule has 170 valence electrons. The Balaban J connectivity index is 1.49. The van der Waals surface area contributed by atoms with Gasteiger partial charge in [0.15, 0.2) is 11.5 Å². The van der Waals surface area contributed by atoms with E-state index >= 15 is 0 Å². The number of H-pyrrole nitrogens is 1. The highest BCUT2D eigenvalue weighted by Crippen LogP contribution is 2.46. The first kappa shape index (κ1) is 20.1. The number of carbonyl (C=O) groups is 1. The third kappa shape index (κ3) is 3.07. The number of carboxylic acids is 1. The van der Waals surface area contributed by atoms with E-state index in [9.17, 15) is 18.7 Å². The normalized spacial score (nSPS) is 24.6. The Hall–Kier alpha value is -3.56. The lowest BCUT2D eigenvalue weighted by Crippen LogP contribution is -2.51. The van der Waals surface area contributed by atoms with Crippen LogP contribution in [-0.4, -0.2) is 41.9 Å². The molecule has 3 saturated carbocycles. The Morgan fingerprint density at radius 3 is 2.67 bits per heavy atom. The van der Waals surface area contributed by atoms with Gasteiger partial charge in [-0.15, -0.1) is 0 Å². The van der Waals surface area contributed by atoms with Crippen LogP contribution in [0.2, 0.25) is 0 Å². The van der Waals surface area contributed by atoms with Gasteiger partial charge in [-0.1, -0.05) is 0 Å². The maximum atomic E-state index is 14.2. The number of aryl methyl sites for hydroxylation is 1. The quantitative estimate of drug-likeness (QED) is 0.430. The van der Waals surface area contributed by atoms with Crippen LogP contribution in [0.25, 0.3) is 33.3 Å². The zero-order valence-electron chi connectivity index (χ0n) is 17.8. The molecule has 0 radical (unpaired) electrons. The van der Waals surface area contributed by atoms with E-state index in [-0.39, 0.29) is 29.2 Å². The number of carboxylic acid groups (broad SMARTS) is 1. The van der Waals surface area contributed by atoms with Crippen LogP contribution in [-0.2, 0) is 11.8 Å². The predicted octanol–water partition coefficient (Wildman–Crippen LogP) is 4.09. The van der Waals surface area contributed by atoms with Crippen LogP contribution < -0.4 is 5.32 Å². The number of halogens is 2. The van der Waals surface area contributed by atoms with Crippen LogP contribution >= 0.6 is 0 Å². The molecule has 3 heterocycles. The highest BCUT2D eigenvalue weighted by molar-refractivity contribution is 5.96. The predicted molar refractivity (Wildman–Crippen MR) is 117 cm³/mol. The van der Waals surface area contributed by atoms with Gasteiger partial charge in [0.25, 0.3) is 0 Å². The summed E-state index contributed by atoms with van der Waals surface area (Å²) in [6, 6.07) is 1.82. The smallest absolute Gasteiger partial charge is 0.308 e. The van der Waals surface area contributed by atoms with Crippen LogP contribution in [0.3, 0.4) is 0 Å². The van der Waals surface area contributed by atoms with E-state index < -0.39 is 23.5 Å². The summed E-state index contributed by atoms with van der Waals surface area (Å²) in [4.78, 5) is 24.3. The zero-order chi connectivity index (χ0) is 22.9. The van der Waals surface area contributed by atoms with Crippen molar-refractivity contribution in [2.45, 2.75) is 31.7 Å². The molecule has 8 nitrogen and oxygen atoms in total. The summed E-state index contributed by atoms with van der Waals surface area (Å²) < 4.78 is 29.8. The summed E-state index contributed by atoms with van der Waals surface area (Å²) in [6.07, 6.45) is 7.04. The standard InChI is InChI=1S/C23H22F2N6O2/c1-31-22-15(9-27-31)21(28-18-11-4-2-10(3-5-11)17(18)23(32)33)29-20(30-22)14-8-26-19-13(14)6-12(24)7-16(19)25/h6-11,17-18,26H,2-5H2,1H3,(H,32,33)(H,28,29,30)/t10?,11?,17-,18?/m1/s1. The zero-order valence-corrected chi connectivity index (χ0v) is 17.8. The Morgan fingerprint density at radius 1 is 1.15 bits per heavy atom. The molecule has 0 aliphatic heterocycles. The van der Waals surface area contributed by atoms with Crippen LogP contribution in [0, 0.1) is 29.4 Å². The number of fused-ring (bicyclic) bond motifs is 5. The van der Waals surface area contributed by atoms with E-state index in [1.807, 2.05) is 0 Å². The Bertz CT molecular complexity index is 1410. The van der Waals surface area contributed by atoms with Crippen molar-refractivity contribution >= 4 is 33.7 Å². The molecule has 0 amide bonds. The van der Waals surface area contributed by atoms with Crippen molar-refractivity contribution in [1.82, 2.24) is 24.7 Å². The molecule has 10 heteroatoms. The minimum absolute atomic E-state index is 0.148. The number of hydrogen-bond donors (Lipinski definition) is 3. The first-order valence-electron chi connectivity index (χ1n) is 11.1. The fourth-order valence-electron chi connectivity index (χ4n) is 5.76. The van der Waals surface area contributed by atoms with Gasteiger partial charge < -0.3 is 15.4 Å². The van der Waals surface area contributed by atoms with Gasteiger partial charge in [-0.05, 0) is 43.6 Å². The number of aliphatic carboxylic acids is 1. The van der Waals surface area contributed by atoms with Gasteiger partial charge in [0.05, 0.1) is 23.0 Å². The summed E-state index contributed by atoms with van der Waals surface area (Å²) in [5.41, 5.74) is 1.17. The van der Waals surface area contributed by atoms with Crippen LogP contribution in [0.1, 0.15) is 25.7 Å². The van der Waals surface area contributed by atoms with E-state index in [2.05, 4.69) is 20.4 Å². The summed E-state index contributed by atoms with van der Waals surface area (Å²) in [6.45, 7) is 0. The lowest BCUT2D eigenvalue weighted by molar-refractivity contribution is -0.148. The average Bonchev–Trinajstić information content (AvgIpc) is 3.38. The number of benzene rings is 1. The maximum Gasteiger partial charge on any atom is 0.308 e. The van der Waals surface area contributed by atoms with Crippen molar-refractivity contribution in [3.8, 4) is 11.4 Å². The molecular formula is C23H22F2N6O2. The number of aromatic nitrogens is 5. The van der Waals surface area contributed by atoms with Gasteiger partial charge in [-0.2, -0.15) is 5.10 Å². The van der Waals surface area contributed by atoms with Crippen molar-refractivity contribution in [2.75, 3.05) is 5.32 Å². The summed E-state index contributed by atoms with van der Waals surface area (Å²) >= 11 is 0. The SMILES string of the molecule is Cn1ncc2c(NC3C4CCC(CC4)[C@H]3C(=O)O)nc(-c3c[nH]c4c(F)cc(F)cc34)nc21. The highest BCUT2D eigenvalue weighted by atomic mass is 19.1. The lowest BCUT2D eigenvalue weighted by Gasteiger charge is -2.47. The topological polar surface area (TPSA) is 109 Å². The molecule has 1 unspecified atom stereocenters. The summed E-state index contributed by atoms with van der Waals surface area (Å²) in [7, 11) is 1.75. The van der Waals surface area contributed by atoms with Crippen molar-refractivity contribution in [1.29, 1.82) is 0 Å². The summed E-state index contributed by atoms with van der Waals surface area (Å²) in [5, 5.41) is 18.7.